The smallest absolute Gasteiger partial charge is 0.126 e. The van der Waals surface area contributed by atoms with Crippen molar-refractivity contribution in [1.82, 2.24) is 0 Å². The highest BCUT2D eigenvalue weighted by molar-refractivity contribution is 5.63. The maximum atomic E-state index is 11.2. The van der Waals surface area contributed by atoms with Crippen molar-refractivity contribution in [1.29, 1.82) is 0 Å². The van der Waals surface area contributed by atoms with E-state index in [0.717, 1.165) is 12.8 Å². The van der Waals surface area contributed by atoms with Crippen molar-refractivity contribution in [3.63, 3.8) is 0 Å². The molecule has 1 heteroatoms. The first-order valence-electron chi connectivity index (χ1n) is 5.71. The summed E-state index contributed by atoms with van der Waals surface area (Å²) in [6.07, 6.45) is 4.51. The van der Waals surface area contributed by atoms with Gasteiger partial charge in [0.25, 0.3) is 0 Å². The zero-order chi connectivity index (χ0) is 10.9. The molecule has 80 valence electrons. The number of hydrogen-bond acceptors (Lipinski definition) is 1. The first kappa shape index (κ1) is 10.4. The molecule has 1 atom stereocenters. The van der Waals surface area contributed by atoms with Crippen LogP contribution in [0.3, 0.4) is 0 Å². The Morgan fingerprint density at radius 3 is 2.27 bits per heavy atom. The van der Waals surface area contributed by atoms with Crippen LogP contribution in [0.2, 0.25) is 0 Å². The lowest BCUT2D eigenvalue weighted by Crippen LogP contribution is -2.36. The number of carbonyl (C=O) groups excluding carboxylic acids is 1. The first-order valence-corrected chi connectivity index (χ1v) is 5.71. The van der Waals surface area contributed by atoms with E-state index in [-0.39, 0.29) is 5.41 Å². The molecule has 1 aromatic carbocycles. The Labute approximate surface area is 91.5 Å². The third-order valence-corrected chi connectivity index (χ3v) is 3.96. The third-order valence-electron chi connectivity index (χ3n) is 3.96. The van der Waals surface area contributed by atoms with E-state index in [1.807, 2.05) is 0 Å². The second kappa shape index (κ2) is 3.80. The van der Waals surface area contributed by atoms with Gasteiger partial charge >= 0.3 is 0 Å². The maximum absolute atomic E-state index is 11.2. The quantitative estimate of drug-likeness (QED) is 0.686. The monoisotopic (exact) mass is 202 g/mol. The van der Waals surface area contributed by atoms with Crippen LogP contribution in [-0.2, 0) is 4.79 Å². The third kappa shape index (κ3) is 1.71. The minimum Gasteiger partial charge on any atom is -0.303 e. The number of benzene rings is 1. The molecule has 0 saturated heterocycles. The Hall–Kier alpha value is -1.11. The van der Waals surface area contributed by atoms with Crippen molar-refractivity contribution in [2.45, 2.75) is 39.0 Å². The van der Waals surface area contributed by atoms with Crippen molar-refractivity contribution >= 4 is 6.29 Å². The van der Waals surface area contributed by atoms with Crippen molar-refractivity contribution < 1.29 is 4.79 Å². The molecule has 1 saturated carbocycles. The molecule has 0 N–H and O–H groups in total. The van der Waals surface area contributed by atoms with Gasteiger partial charge in [0.2, 0.25) is 0 Å². The summed E-state index contributed by atoms with van der Waals surface area (Å²) in [6.45, 7) is 4.27. The van der Waals surface area contributed by atoms with Crippen molar-refractivity contribution in [3.8, 4) is 0 Å². The minimum absolute atomic E-state index is 0.0603. The van der Waals surface area contributed by atoms with E-state index in [9.17, 15) is 4.79 Å². The van der Waals surface area contributed by atoms with Crippen LogP contribution in [-0.4, -0.2) is 6.29 Å². The van der Waals surface area contributed by atoms with Crippen LogP contribution in [0, 0.1) is 12.3 Å². The van der Waals surface area contributed by atoms with E-state index in [2.05, 4.69) is 38.1 Å². The molecule has 0 aromatic heterocycles. The molecule has 0 spiro atoms. The second-order valence-corrected chi connectivity index (χ2v) is 4.84. The summed E-state index contributed by atoms with van der Waals surface area (Å²) in [4.78, 5) is 11.2. The van der Waals surface area contributed by atoms with E-state index in [1.54, 1.807) is 0 Å². The summed E-state index contributed by atoms with van der Waals surface area (Å²) < 4.78 is 0. The zero-order valence-electron chi connectivity index (χ0n) is 9.49. The lowest BCUT2D eigenvalue weighted by molar-refractivity contribution is -0.121. The van der Waals surface area contributed by atoms with Gasteiger partial charge in [0.05, 0.1) is 0 Å². The van der Waals surface area contributed by atoms with Gasteiger partial charge in [0.1, 0.15) is 6.29 Å². The molecule has 0 radical (unpaired) electrons. The van der Waals surface area contributed by atoms with Gasteiger partial charge in [-0.05, 0) is 31.2 Å². The predicted octanol–water partition coefficient (Wildman–Crippen LogP) is 3.47. The molecule has 0 heterocycles. The molecule has 1 nitrogen and oxygen atoms in total. The van der Waals surface area contributed by atoms with E-state index in [0.29, 0.717) is 5.92 Å². The molecule has 0 aliphatic heterocycles. The Balaban J connectivity index is 2.23. The summed E-state index contributed by atoms with van der Waals surface area (Å²) in [5, 5.41) is 0. The van der Waals surface area contributed by atoms with Crippen LogP contribution < -0.4 is 0 Å². The highest BCUT2D eigenvalue weighted by atomic mass is 16.1. The van der Waals surface area contributed by atoms with E-state index >= 15 is 0 Å². The standard InChI is InChI=1S/C14H18O/c1-11-4-6-13(7-5-11)12(2)14(10-15)8-3-9-14/h4-7,10,12H,3,8-9H2,1-2H3. The van der Waals surface area contributed by atoms with Gasteiger partial charge in [-0.25, -0.2) is 0 Å². The van der Waals surface area contributed by atoms with Crippen LogP contribution >= 0.6 is 0 Å². The molecule has 1 unspecified atom stereocenters. The van der Waals surface area contributed by atoms with Gasteiger partial charge in [0.15, 0.2) is 0 Å². The number of aryl methyl sites for hydroxylation is 1. The SMILES string of the molecule is Cc1ccc(C(C)C2(C=O)CCC2)cc1. The van der Waals surface area contributed by atoms with Gasteiger partial charge in [-0.3, -0.25) is 0 Å². The fourth-order valence-electron chi connectivity index (χ4n) is 2.43. The summed E-state index contributed by atoms with van der Waals surface area (Å²) in [6, 6.07) is 8.57. The lowest BCUT2D eigenvalue weighted by atomic mass is 9.61. The molecule has 0 bridgehead atoms. The molecular formula is C14H18O. The van der Waals surface area contributed by atoms with Crippen LogP contribution in [0.1, 0.15) is 43.2 Å². The predicted molar refractivity (Wildman–Crippen MR) is 61.9 cm³/mol. The van der Waals surface area contributed by atoms with Gasteiger partial charge in [-0.1, -0.05) is 43.2 Å². The molecule has 1 aromatic rings. The number of aldehydes is 1. The number of rotatable bonds is 3. The van der Waals surface area contributed by atoms with Crippen molar-refractivity contribution in [2.75, 3.05) is 0 Å². The summed E-state index contributed by atoms with van der Waals surface area (Å²) in [5.41, 5.74) is 2.52. The molecular weight excluding hydrogens is 184 g/mol. The normalized spacial score (nSPS) is 20.4. The highest BCUT2D eigenvalue weighted by Gasteiger charge is 2.42. The van der Waals surface area contributed by atoms with Crippen molar-refractivity contribution in [2.24, 2.45) is 5.41 Å². The van der Waals surface area contributed by atoms with Crippen LogP contribution in [0.15, 0.2) is 24.3 Å². The van der Waals surface area contributed by atoms with E-state index < -0.39 is 0 Å². The Morgan fingerprint density at radius 2 is 1.87 bits per heavy atom. The fraction of sp³-hybridized carbons (Fsp3) is 0.500. The average Bonchev–Trinajstić information content (AvgIpc) is 2.18. The molecule has 2 rings (SSSR count). The Morgan fingerprint density at radius 1 is 1.27 bits per heavy atom. The molecule has 15 heavy (non-hydrogen) atoms. The van der Waals surface area contributed by atoms with E-state index in [1.165, 1.54) is 23.8 Å². The highest BCUT2D eigenvalue weighted by Crippen LogP contribution is 2.49. The fourth-order valence-corrected chi connectivity index (χ4v) is 2.43. The molecule has 1 fully saturated rings. The maximum Gasteiger partial charge on any atom is 0.126 e. The molecule has 1 aliphatic rings. The van der Waals surface area contributed by atoms with Crippen LogP contribution in [0.25, 0.3) is 0 Å². The zero-order valence-corrected chi connectivity index (χ0v) is 9.49. The molecule has 1 aliphatic carbocycles. The lowest BCUT2D eigenvalue weighted by Gasteiger charge is -2.42. The number of carbonyl (C=O) groups is 1. The van der Waals surface area contributed by atoms with E-state index in [4.69, 9.17) is 0 Å². The van der Waals surface area contributed by atoms with Crippen LogP contribution in [0.4, 0.5) is 0 Å². The topological polar surface area (TPSA) is 17.1 Å². The average molecular weight is 202 g/mol. The minimum atomic E-state index is -0.0603. The Bertz CT molecular complexity index is 346. The molecule has 0 amide bonds. The summed E-state index contributed by atoms with van der Waals surface area (Å²) in [5.74, 6) is 0.365. The van der Waals surface area contributed by atoms with Gasteiger partial charge in [-0.2, -0.15) is 0 Å². The first-order chi connectivity index (χ1) is 7.18. The van der Waals surface area contributed by atoms with Gasteiger partial charge in [0, 0.05) is 5.41 Å². The summed E-state index contributed by atoms with van der Waals surface area (Å²) >= 11 is 0. The Kier molecular flexibility index (Phi) is 2.64. The van der Waals surface area contributed by atoms with Crippen molar-refractivity contribution in [3.05, 3.63) is 35.4 Å². The summed E-state index contributed by atoms with van der Waals surface area (Å²) in [7, 11) is 0. The van der Waals surface area contributed by atoms with Crippen LogP contribution in [0.5, 0.6) is 0 Å². The van der Waals surface area contributed by atoms with Gasteiger partial charge < -0.3 is 4.79 Å². The van der Waals surface area contributed by atoms with Gasteiger partial charge in [-0.15, -0.1) is 0 Å². The largest absolute Gasteiger partial charge is 0.303 e. The second-order valence-electron chi connectivity index (χ2n) is 4.84. The number of hydrogen-bond donors (Lipinski definition) is 0.